The summed E-state index contributed by atoms with van der Waals surface area (Å²) in [6.45, 7) is 1.86. The van der Waals surface area contributed by atoms with Crippen molar-refractivity contribution >= 4 is 5.82 Å². The van der Waals surface area contributed by atoms with Gasteiger partial charge in [0.2, 0.25) is 0 Å². The second-order valence-electron chi connectivity index (χ2n) is 4.06. The van der Waals surface area contributed by atoms with Gasteiger partial charge in [-0.3, -0.25) is 0 Å². The van der Waals surface area contributed by atoms with Crippen LogP contribution in [0.4, 0.5) is 19.0 Å². The Morgan fingerprint density at radius 1 is 1.21 bits per heavy atom. The number of aryl methyl sites for hydroxylation is 1. The maximum absolute atomic E-state index is 12.5. The zero-order valence-corrected chi connectivity index (χ0v) is 10.2. The van der Waals surface area contributed by atoms with Gasteiger partial charge >= 0.3 is 6.18 Å². The highest BCUT2D eigenvalue weighted by atomic mass is 19.4. The molecule has 0 aliphatic heterocycles. The van der Waals surface area contributed by atoms with E-state index in [4.69, 9.17) is 11.6 Å². The molecule has 2 rings (SSSR count). The number of nitrogen functional groups attached to an aromatic ring is 2. The first kappa shape index (κ1) is 13.3. The number of alkyl halides is 3. The fraction of sp³-hybridized carbons (Fsp3) is 0.250. The first-order valence-electron chi connectivity index (χ1n) is 5.64. The molecule has 0 saturated heterocycles. The fourth-order valence-corrected chi connectivity index (χ4v) is 1.77. The Balaban J connectivity index is 2.43. The molecular formula is C12H13F3N4. The van der Waals surface area contributed by atoms with Gasteiger partial charge in [-0.2, -0.15) is 13.2 Å². The Hall–Kier alpha value is -2.18. The number of imidazole rings is 1. The lowest BCUT2D eigenvalue weighted by molar-refractivity contribution is -0.137. The van der Waals surface area contributed by atoms with E-state index >= 15 is 0 Å². The number of hydrogen-bond acceptors (Lipinski definition) is 3. The minimum absolute atomic E-state index is 0.233. The number of hydrogen-bond donors (Lipinski definition) is 2. The van der Waals surface area contributed by atoms with E-state index in [0.717, 1.165) is 12.1 Å². The van der Waals surface area contributed by atoms with Crippen molar-refractivity contribution in [2.45, 2.75) is 19.5 Å². The normalized spacial score (nSPS) is 11.8. The second-order valence-corrected chi connectivity index (χ2v) is 4.06. The van der Waals surface area contributed by atoms with Crippen LogP contribution in [0.2, 0.25) is 0 Å². The van der Waals surface area contributed by atoms with E-state index in [1.54, 1.807) is 0 Å². The third kappa shape index (κ3) is 2.35. The third-order valence-electron chi connectivity index (χ3n) is 2.82. The monoisotopic (exact) mass is 270 g/mol. The smallest absolute Gasteiger partial charge is 0.382 e. The van der Waals surface area contributed by atoms with Gasteiger partial charge in [-0.15, -0.1) is 0 Å². The predicted molar refractivity (Wildman–Crippen MR) is 66.6 cm³/mol. The summed E-state index contributed by atoms with van der Waals surface area (Å²) in [7, 11) is 0. The van der Waals surface area contributed by atoms with Crippen LogP contribution in [0.1, 0.15) is 18.3 Å². The molecule has 4 N–H and O–H groups in total. The second kappa shape index (κ2) is 4.49. The van der Waals surface area contributed by atoms with Gasteiger partial charge in [0.15, 0.2) is 5.82 Å². The molecule has 2 aromatic rings. The molecule has 1 aromatic heterocycles. The molecular weight excluding hydrogens is 257 g/mol. The van der Waals surface area contributed by atoms with E-state index < -0.39 is 11.7 Å². The van der Waals surface area contributed by atoms with Crippen LogP contribution in [0.15, 0.2) is 24.3 Å². The molecule has 0 radical (unpaired) electrons. The Kier molecular flexibility index (Phi) is 3.13. The molecule has 0 atom stereocenters. The first-order valence-corrected chi connectivity index (χ1v) is 5.64. The molecule has 0 aliphatic carbocycles. The average Bonchev–Trinajstić information content (AvgIpc) is 2.65. The van der Waals surface area contributed by atoms with Crippen LogP contribution in [-0.4, -0.2) is 9.66 Å². The SMILES string of the molecule is CCc1nc(-c2ccc(C(F)(F)F)cc2)c(N)n1N. The van der Waals surface area contributed by atoms with Gasteiger partial charge in [0, 0.05) is 12.0 Å². The summed E-state index contributed by atoms with van der Waals surface area (Å²) in [5.74, 6) is 6.51. The molecule has 0 aliphatic rings. The predicted octanol–water partition coefficient (Wildman–Crippen LogP) is 2.43. The number of anilines is 1. The minimum Gasteiger partial charge on any atom is -0.382 e. The fourth-order valence-electron chi connectivity index (χ4n) is 1.77. The highest BCUT2D eigenvalue weighted by Gasteiger charge is 2.30. The molecule has 0 saturated carbocycles. The van der Waals surface area contributed by atoms with E-state index in [2.05, 4.69) is 4.98 Å². The van der Waals surface area contributed by atoms with Crippen molar-refractivity contribution in [1.82, 2.24) is 9.66 Å². The number of nitrogens with two attached hydrogens (primary N) is 2. The van der Waals surface area contributed by atoms with Gasteiger partial charge in [-0.1, -0.05) is 19.1 Å². The van der Waals surface area contributed by atoms with Gasteiger partial charge in [-0.25, -0.2) is 9.66 Å². The van der Waals surface area contributed by atoms with Gasteiger partial charge in [0.05, 0.1) is 5.56 Å². The van der Waals surface area contributed by atoms with E-state index in [0.29, 0.717) is 23.5 Å². The lowest BCUT2D eigenvalue weighted by atomic mass is 10.1. The third-order valence-corrected chi connectivity index (χ3v) is 2.82. The van der Waals surface area contributed by atoms with Crippen LogP contribution in [-0.2, 0) is 12.6 Å². The van der Waals surface area contributed by atoms with Gasteiger partial charge in [-0.05, 0) is 12.1 Å². The van der Waals surface area contributed by atoms with Crippen molar-refractivity contribution in [3.63, 3.8) is 0 Å². The minimum atomic E-state index is -4.36. The number of halogens is 3. The molecule has 0 spiro atoms. The van der Waals surface area contributed by atoms with Crippen LogP contribution < -0.4 is 11.6 Å². The summed E-state index contributed by atoms with van der Waals surface area (Å²) in [5, 5.41) is 0. The van der Waals surface area contributed by atoms with Crippen molar-refractivity contribution in [1.29, 1.82) is 0 Å². The molecule has 4 nitrogen and oxygen atoms in total. The van der Waals surface area contributed by atoms with Crippen molar-refractivity contribution < 1.29 is 13.2 Å². The van der Waals surface area contributed by atoms with Crippen molar-refractivity contribution in [3.05, 3.63) is 35.7 Å². The maximum atomic E-state index is 12.5. The molecule has 0 amide bonds. The van der Waals surface area contributed by atoms with Crippen LogP contribution in [0.5, 0.6) is 0 Å². The van der Waals surface area contributed by atoms with Crippen LogP contribution >= 0.6 is 0 Å². The summed E-state index contributed by atoms with van der Waals surface area (Å²) in [4.78, 5) is 4.22. The van der Waals surface area contributed by atoms with E-state index in [1.165, 1.54) is 16.8 Å². The Morgan fingerprint density at radius 2 is 1.79 bits per heavy atom. The quantitative estimate of drug-likeness (QED) is 0.823. The Labute approximate surface area is 107 Å². The number of benzene rings is 1. The Morgan fingerprint density at radius 3 is 2.21 bits per heavy atom. The van der Waals surface area contributed by atoms with Crippen LogP contribution in [0.25, 0.3) is 11.3 Å². The molecule has 19 heavy (non-hydrogen) atoms. The van der Waals surface area contributed by atoms with Gasteiger partial charge < -0.3 is 11.6 Å². The average molecular weight is 270 g/mol. The summed E-state index contributed by atoms with van der Waals surface area (Å²) in [6, 6.07) is 4.66. The molecule has 1 heterocycles. The summed E-state index contributed by atoms with van der Waals surface area (Å²) >= 11 is 0. The lowest BCUT2D eigenvalue weighted by Gasteiger charge is -2.07. The molecule has 0 bridgehead atoms. The highest BCUT2D eigenvalue weighted by molar-refractivity contribution is 5.71. The zero-order valence-electron chi connectivity index (χ0n) is 10.2. The van der Waals surface area contributed by atoms with Crippen LogP contribution in [0, 0.1) is 0 Å². The van der Waals surface area contributed by atoms with E-state index in [1.807, 2.05) is 6.92 Å². The summed E-state index contributed by atoms with van der Waals surface area (Å²) in [6.07, 6.45) is -3.77. The van der Waals surface area contributed by atoms with Crippen molar-refractivity contribution in [2.75, 3.05) is 11.6 Å². The van der Waals surface area contributed by atoms with E-state index in [9.17, 15) is 13.2 Å². The van der Waals surface area contributed by atoms with Crippen LogP contribution in [0.3, 0.4) is 0 Å². The standard InChI is InChI=1S/C12H13F3N4/c1-2-9-18-10(11(16)19(9)17)7-3-5-8(6-4-7)12(13,14)15/h3-6H,2,16-17H2,1H3. The van der Waals surface area contributed by atoms with Crippen molar-refractivity contribution in [2.24, 2.45) is 0 Å². The summed E-state index contributed by atoms with van der Waals surface area (Å²) in [5.41, 5.74) is 5.98. The lowest BCUT2D eigenvalue weighted by Crippen LogP contribution is -2.14. The topological polar surface area (TPSA) is 69.9 Å². The zero-order chi connectivity index (χ0) is 14.2. The molecule has 1 aromatic carbocycles. The molecule has 102 valence electrons. The largest absolute Gasteiger partial charge is 0.416 e. The van der Waals surface area contributed by atoms with Gasteiger partial charge in [0.1, 0.15) is 11.5 Å². The number of nitrogens with zero attached hydrogens (tertiary/aromatic N) is 2. The van der Waals surface area contributed by atoms with Gasteiger partial charge in [0.25, 0.3) is 0 Å². The molecule has 0 fully saturated rings. The van der Waals surface area contributed by atoms with Crippen molar-refractivity contribution in [3.8, 4) is 11.3 Å². The first-order chi connectivity index (χ1) is 8.84. The highest BCUT2D eigenvalue weighted by Crippen LogP contribution is 2.32. The van der Waals surface area contributed by atoms with E-state index in [-0.39, 0.29) is 5.82 Å². The molecule has 7 heteroatoms. The number of aromatic nitrogens is 2. The maximum Gasteiger partial charge on any atom is 0.416 e. The molecule has 0 unspecified atom stereocenters. The summed E-state index contributed by atoms with van der Waals surface area (Å²) < 4.78 is 38.6. The Bertz CT molecular complexity index is 584. The number of rotatable bonds is 2.